The summed E-state index contributed by atoms with van der Waals surface area (Å²) >= 11 is 6.30. The Labute approximate surface area is 213 Å². The van der Waals surface area contributed by atoms with E-state index < -0.39 is 0 Å². The molecule has 0 N–H and O–H groups in total. The van der Waals surface area contributed by atoms with Gasteiger partial charge in [-0.15, -0.1) is 0 Å². The highest BCUT2D eigenvalue weighted by molar-refractivity contribution is 6.30. The first-order chi connectivity index (χ1) is 17.5. The number of benzene rings is 3. The lowest BCUT2D eigenvalue weighted by molar-refractivity contribution is -0.131. The fraction of sp³-hybridized carbons (Fsp3) is 0.214. The Morgan fingerprint density at radius 3 is 2.61 bits per heavy atom. The van der Waals surface area contributed by atoms with Crippen LogP contribution in [0.2, 0.25) is 5.02 Å². The zero-order valence-corrected chi connectivity index (χ0v) is 20.4. The predicted molar refractivity (Wildman–Crippen MR) is 136 cm³/mol. The molecule has 0 saturated heterocycles. The Kier molecular flexibility index (Phi) is 7.02. The van der Waals surface area contributed by atoms with E-state index in [0.717, 1.165) is 33.3 Å². The molecule has 3 aromatic carbocycles. The largest absolute Gasteiger partial charge is 0.454 e. The summed E-state index contributed by atoms with van der Waals surface area (Å²) in [5.41, 5.74) is 3.91. The zero-order chi connectivity index (χ0) is 25.1. The smallest absolute Gasteiger partial charge is 0.231 e. The van der Waals surface area contributed by atoms with E-state index in [2.05, 4.69) is 0 Å². The third-order valence-corrected chi connectivity index (χ3v) is 6.27. The average Bonchev–Trinajstić information content (AvgIpc) is 3.33. The lowest BCUT2D eigenvalue weighted by Gasteiger charge is -2.24. The molecule has 1 aromatic heterocycles. The Morgan fingerprint density at radius 2 is 1.86 bits per heavy atom. The van der Waals surface area contributed by atoms with Gasteiger partial charge in [-0.05, 0) is 47.5 Å². The molecule has 2 heterocycles. The highest BCUT2D eigenvalue weighted by atomic mass is 35.5. The number of pyridine rings is 1. The van der Waals surface area contributed by atoms with E-state index in [-0.39, 0.29) is 24.9 Å². The molecule has 4 aromatic rings. The number of rotatable bonds is 8. The van der Waals surface area contributed by atoms with Crippen LogP contribution in [0.3, 0.4) is 0 Å². The number of halogens is 2. The van der Waals surface area contributed by atoms with Crippen LogP contribution in [-0.4, -0.2) is 42.8 Å². The van der Waals surface area contributed by atoms with E-state index >= 15 is 0 Å². The molecule has 0 bridgehead atoms. The normalized spacial score (nSPS) is 12.2. The van der Waals surface area contributed by atoms with Crippen LogP contribution in [-0.2, 0) is 22.5 Å². The second-order valence-electron chi connectivity index (χ2n) is 8.52. The topological polar surface area (TPSA) is 60.9 Å². The molecule has 0 fully saturated rings. The van der Waals surface area contributed by atoms with Gasteiger partial charge in [0.25, 0.3) is 0 Å². The molecule has 1 aliphatic heterocycles. The predicted octanol–water partition coefficient (Wildman–Crippen LogP) is 5.64. The standard InChI is InChI=1S/C28H24ClFN2O4/c1-34-10-9-32(27(33)11-18-5-7-23(30)8-6-18)16-21-12-20-14-25-26(36-17-35-25)15-24(20)31-28(21)19-3-2-4-22(29)13-19/h2-8,12-15H,9-11,16-17H2,1H3. The molecule has 6 nitrogen and oxygen atoms in total. The first-order valence-electron chi connectivity index (χ1n) is 11.5. The third-order valence-electron chi connectivity index (χ3n) is 6.03. The average molecular weight is 507 g/mol. The maximum atomic E-state index is 13.3. The molecule has 1 amide bonds. The van der Waals surface area contributed by atoms with Crippen molar-refractivity contribution in [3.8, 4) is 22.8 Å². The number of methoxy groups -OCH3 is 1. The molecule has 0 radical (unpaired) electrons. The minimum Gasteiger partial charge on any atom is -0.454 e. The first-order valence-corrected chi connectivity index (χ1v) is 11.9. The number of amides is 1. The zero-order valence-electron chi connectivity index (χ0n) is 19.7. The summed E-state index contributed by atoms with van der Waals surface area (Å²) in [5.74, 6) is 0.878. The Balaban J connectivity index is 1.54. The summed E-state index contributed by atoms with van der Waals surface area (Å²) in [4.78, 5) is 20.0. The SMILES string of the molecule is COCCN(Cc1cc2cc3c(cc2nc1-c1cccc(Cl)c1)OCO3)C(=O)Cc1ccc(F)cc1. The van der Waals surface area contributed by atoms with Crippen molar-refractivity contribution in [2.75, 3.05) is 27.1 Å². The molecule has 0 atom stereocenters. The van der Waals surface area contributed by atoms with Crippen molar-refractivity contribution in [2.45, 2.75) is 13.0 Å². The summed E-state index contributed by atoms with van der Waals surface area (Å²) < 4.78 is 29.7. The van der Waals surface area contributed by atoms with Gasteiger partial charge in [0, 0.05) is 42.2 Å². The van der Waals surface area contributed by atoms with Crippen molar-refractivity contribution >= 4 is 28.4 Å². The van der Waals surface area contributed by atoms with Crippen molar-refractivity contribution < 1.29 is 23.4 Å². The van der Waals surface area contributed by atoms with Gasteiger partial charge in [-0.3, -0.25) is 4.79 Å². The van der Waals surface area contributed by atoms with Crippen molar-refractivity contribution in [2.24, 2.45) is 0 Å². The van der Waals surface area contributed by atoms with Crippen LogP contribution in [0.25, 0.3) is 22.2 Å². The molecule has 184 valence electrons. The van der Waals surface area contributed by atoms with E-state index in [1.807, 2.05) is 36.4 Å². The van der Waals surface area contributed by atoms with Gasteiger partial charge in [0.05, 0.1) is 24.2 Å². The number of fused-ring (bicyclic) bond motifs is 2. The maximum absolute atomic E-state index is 13.3. The Bertz CT molecular complexity index is 1410. The van der Waals surface area contributed by atoms with E-state index in [9.17, 15) is 9.18 Å². The lowest BCUT2D eigenvalue weighted by Crippen LogP contribution is -2.34. The van der Waals surface area contributed by atoms with Crippen molar-refractivity contribution in [3.05, 3.63) is 88.7 Å². The molecule has 0 unspecified atom stereocenters. The number of aromatic nitrogens is 1. The molecular formula is C28H24ClFN2O4. The number of hydrogen-bond donors (Lipinski definition) is 0. The summed E-state index contributed by atoms with van der Waals surface area (Å²) in [6.45, 7) is 1.25. The van der Waals surface area contributed by atoms with Crippen molar-refractivity contribution in [1.29, 1.82) is 0 Å². The molecule has 5 rings (SSSR count). The van der Waals surface area contributed by atoms with Crippen molar-refractivity contribution in [3.63, 3.8) is 0 Å². The van der Waals surface area contributed by atoms with Crippen LogP contribution < -0.4 is 9.47 Å². The molecule has 36 heavy (non-hydrogen) atoms. The second kappa shape index (κ2) is 10.5. The van der Waals surface area contributed by atoms with Crippen LogP contribution in [0.15, 0.2) is 66.7 Å². The van der Waals surface area contributed by atoms with Gasteiger partial charge in [-0.25, -0.2) is 9.37 Å². The van der Waals surface area contributed by atoms with Crippen LogP contribution in [0.4, 0.5) is 4.39 Å². The van der Waals surface area contributed by atoms with Gasteiger partial charge in [0.2, 0.25) is 12.7 Å². The monoisotopic (exact) mass is 506 g/mol. The van der Waals surface area contributed by atoms with Gasteiger partial charge >= 0.3 is 0 Å². The second-order valence-corrected chi connectivity index (χ2v) is 8.95. The minimum atomic E-state index is -0.336. The molecule has 0 saturated carbocycles. The first kappa shape index (κ1) is 24.0. The van der Waals surface area contributed by atoms with Crippen molar-refractivity contribution in [1.82, 2.24) is 9.88 Å². The number of ether oxygens (including phenoxy) is 3. The van der Waals surface area contributed by atoms with Gasteiger partial charge < -0.3 is 19.1 Å². The van der Waals surface area contributed by atoms with E-state index in [0.29, 0.717) is 36.2 Å². The highest BCUT2D eigenvalue weighted by Gasteiger charge is 2.21. The summed E-state index contributed by atoms with van der Waals surface area (Å²) in [5, 5.41) is 1.47. The lowest BCUT2D eigenvalue weighted by atomic mass is 10.0. The molecule has 8 heteroatoms. The number of nitrogens with zero attached hydrogens (tertiary/aromatic N) is 2. The summed E-state index contributed by atoms with van der Waals surface area (Å²) in [7, 11) is 1.60. The van der Waals surface area contributed by atoms with Gasteiger partial charge in [-0.1, -0.05) is 35.9 Å². The number of hydrogen-bond acceptors (Lipinski definition) is 5. The van der Waals surface area contributed by atoms with Gasteiger partial charge in [0.1, 0.15) is 5.82 Å². The number of carbonyl (C=O) groups excluding carboxylic acids is 1. The Morgan fingerprint density at radius 1 is 1.08 bits per heavy atom. The van der Waals surface area contributed by atoms with Gasteiger partial charge in [-0.2, -0.15) is 0 Å². The van der Waals surface area contributed by atoms with Gasteiger partial charge in [0.15, 0.2) is 11.5 Å². The molecule has 0 spiro atoms. The fourth-order valence-electron chi connectivity index (χ4n) is 4.20. The van der Waals surface area contributed by atoms with E-state index in [4.69, 9.17) is 30.8 Å². The maximum Gasteiger partial charge on any atom is 0.231 e. The van der Waals surface area contributed by atoms with Crippen LogP contribution in [0.5, 0.6) is 11.5 Å². The highest BCUT2D eigenvalue weighted by Crippen LogP contribution is 2.37. The third kappa shape index (κ3) is 5.27. The van der Waals surface area contributed by atoms with E-state index in [1.54, 1.807) is 30.2 Å². The van der Waals surface area contributed by atoms with Crippen LogP contribution in [0.1, 0.15) is 11.1 Å². The summed E-state index contributed by atoms with van der Waals surface area (Å²) in [6, 6.07) is 19.2. The Hall–Kier alpha value is -3.68. The molecule has 0 aliphatic carbocycles. The molecular weight excluding hydrogens is 483 g/mol. The fourth-order valence-corrected chi connectivity index (χ4v) is 4.39. The quantitative estimate of drug-likeness (QED) is 0.309. The number of carbonyl (C=O) groups is 1. The van der Waals surface area contributed by atoms with E-state index in [1.165, 1.54) is 12.1 Å². The van der Waals surface area contributed by atoms with Crippen LogP contribution >= 0.6 is 11.6 Å². The molecule has 1 aliphatic rings. The summed E-state index contributed by atoms with van der Waals surface area (Å²) in [6.07, 6.45) is 0.149. The minimum absolute atomic E-state index is 0.0958. The van der Waals surface area contributed by atoms with Crippen LogP contribution in [0, 0.1) is 5.82 Å².